The molecular weight excluding hydrogens is 371 g/mol. The Kier molecular flexibility index (Phi) is 4.84. The van der Waals surface area contributed by atoms with Crippen LogP contribution in [-0.2, 0) is 13.6 Å². The molecule has 2 N–H and O–H groups in total. The molecule has 0 bridgehead atoms. The molecule has 0 unspecified atom stereocenters. The van der Waals surface area contributed by atoms with Crippen molar-refractivity contribution in [1.82, 2.24) is 25.0 Å². The van der Waals surface area contributed by atoms with Gasteiger partial charge in [-0.3, -0.25) is 9.48 Å². The highest BCUT2D eigenvalue weighted by Crippen LogP contribution is 2.28. The molecular formula is C19H20F3N5O. The molecule has 1 aliphatic rings. The van der Waals surface area contributed by atoms with Crippen molar-refractivity contribution in [2.75, 3.05) is 13.1 Å². The molecule has 1 fully saturated rings. The maximum Gasteiger partial charge on any atom is 0.253 e. The minimum atomic E-state index is -1.23. The topological polar surface area (TPSA) is 63.9 Å². The highest BCUT2D eigenvalue weighted by Gasteiger charge is 2.28. The maximum atomic E-state index is 14.5. The van der Waals surface area contributed by atoms with Crippen LogP contribution in [0.15, 0.2) is 30.7 Å². The lowest BCUT2D eigenvalue weighted by Crippen LogP contribution is -2.50. The van der Waals surface area contributed by atoms with Crippen molar-refractivity contribution in [3.63, 3.8) is 0 Å². The van der Waals surface area contributed by atoms with Gasteiger partial charge in [0.25, 0.3) is 5.91 Å². The number of hydrogen-bond acceptors (Lipinski definition) is 3. The Labute approximate surface area is 159 Å². The Bertz CT molecular complexity index is 1030. The Morgan fingerprint density at radius 3 is 2.82 bits per heavy atom. The highest BCUT2D eigenvalue weighted by molar-refractivity contribution is 6.07. The fraction of sp³-hybridized carbons (Fsp3) is 0.368. The summed E-state index contributed by atoms with van der Waals surface area (Å²) in [6.45, 7) is 0.949. The normalized spacial score (nSPS) is 19.9. The Balaban J connectivity index is 1.73. The number of fused-ring (bicyclic) bond motifs is 1. The summed E-state index contributed by atoms with van der Waals surface area (Å²) in [5.41, 5.74) is 0.759. The second-order valence-electron chi connectivity index (χ2n) is 7.03. The molecule has 9 heteroatoms. The molecule has 148 valence electrons. The number of nitrogens with one attached hydrogen (secondary N) is 2. The van der Waals surface area contributed by atoms with Crippen molar-refractivity contribution >= 4 is 16.8 Å². The molecule has 4 rings (SSSR count). The van der Waals surface area contributed by atoms with Gasteiger partial charge in [0.2, 0.25) is 0 Å². The zero-order chi connectivity index (χ0) is 19.8. The van der Waals surface area contributed by atoms with Gasteiger partial charge in [0.05, 0.1) is 35.2 Å². The smallest absolute Gasteiger partial charge is 0.253 e. The van der Waals surface area contributed by atoms with Crippen LogP contribution in [0.5, 0.6) is 0 Å². The minimum absolute atomic E-state index is 0.00360. The van der Waals surface area contributed by atoms with Crippen LogP contribution in [0.1, 0.15) is 22.3 Å². The second kappa shape index (κ2) is 7.31. The molecule has 0 saturated carbocycles. The number of rotatable bonds is 4. The summed E-state index contributed by atoms with van der Waals surface area (Å²) >= 11 is 0. The van der Waals surface area contributed by atoms with Crippen LogP contribution in [0, 0.1) is 11.6 Å². The number of aromatic nitrogens is 3. The van der Waals surface area contributed by atoms with E-state index in [0.717, 1.165) is 17.7 Å². The van der Waals surface area contributed by atoms with Gasteiger partial charge in [0.15, 0.2) is 0 Å². The standard InChI is InChI=1S/C19H20F3N5O/c1-26-8-11(6-24-26)9-27-10-12(17-13(20)2-3-14(21)18(17)27)19(28)25-16-4-5-23-7-15(16)22/h2-3,6,8,10,15-16,23H,4-5,7,9H2,1H3,(H,25,28)/t15-,16+/m1/s1. The number of aryl methyl sites for hydroxylation is 1. The minimum Gasteiger partial charge on any atom is -0.346 e. The fourth-order valence-corrected chi connectivity index (χ4v) is 3.64. The number of hydrogen-bond donors (Lipinski definition) is 2. The van der Waals surface area contributed by atoms with Crippen LogP contribution in [0.2, 0.25) is 0 Å². The number of nitrogens with zero attached hydrogens (tertiary/aromatic N) is 3. The Hall–Kier alpha value is -2.81. The average Bonchev–Trinajstić information content (AvgIpc) is 3.25. The van der Waals surface area contributed by atoms with E-state index in [1.165, 1.54) is 10.8 Å². The van der Waals surface area contributed by atoms with E-state index >= 15 is 0 Å². The number of carbonyl (C=O) groups is 1. The van der Waals surface area contributed by atoms with Gasteiger partial charge in [-0.15, -0.1) is 0 Å². The van der Waals surface area contributed by atoms with E-state index in [4.69, 9.17) is 0 Å². The summed E-state index contributed by atoms with van der Waals surface area (Å²) in [5, 5.41) is 9.50. The van der Waals surface area contributed by atoms with Crippen molar-refractivity contribution in [1.29, 1.82) is 0 Å². The third kappa shape index (κ3) is 3.37. The molecule has 28 heavy (non-hydrogen) atoms. The monoisotopic (exact) mass is 391 g/mol. The lowest BCUT2D eigenvalue weighted by atomic mass is 10.0. The van der Waals surface area contributed by atoms with Crippen LogP contribution in [0.4, 0.5) is 13.2 Å². The lowest BCUT2D eigenvalue weighted by Gasteiger charge is -2.27. The molecule has 0 radical (unpaired) electrons. The summed E-state index contributed by atoms with van der Waals surface area (Å²) in [5.74, 6) is -1.95. The van der Waals surface area contributed by atoms with Crippen molar-refractivity contribution in [2.45, 2.75) is 25.2 Å². The average molecular weight is 391 g/mol. The fourth-order valence-electron chi connectivity index (χ4n) is 3.64. The summed E-state index contributed by atoms with van der Waals surface area (Å²) in [4.78, 5) is 12.8. The van der Waals surface area contributed by atoms with Crippen LogP contribution < -0.4 is 10.6 Å². The maximum absolute atomic E-state index is 14.5. The predicted molar refractivity (Wildman–Crippen MR) is 97.8 cm³/mol. The Morgan fingerprint density at radius 1 is 1.32 bits per heavy atom. The summed E-state index contributed by atoms with van der Waals surface area (Å²) in [6.07, 6.45) is 3.98. The van der Waals surface area contributed by atoms with E-state index in [-0.39, 0.29) is 29.6 Å². The first-order valence-electron chi connectivity index (χ1n) is 9.04. The quantitative estimate of drug-likeness (QED) is 0.716. The van der Waals surface area contributed by atoms with Crippen molar-refractivity contribution in [2.24, 2.45) is 7.05 Å². The van der Waals surface area contributed by atoms with Gasteiger partial charge in [0, 0.05) is 31.5 Å². The molecule has 1 aromatic carbocycles. The predicted octanol–water partition coefficient (Wildman–Crippen LogP) is 2.13. The van der Waals surface area contributed by atoms with E-state index in [2.05, 4.69) is 15.7 Å². The first kappa shape index (κ1) is 18.5. The van der Waals surface area contributed by atoms with Crippen molar-refractivity contribution < 1.29 is 18.0 Å². The number of piperidine rings is 1. The zero-order valence-electron chi connectivity index (χ0n) is 15.3. The number of halogens is 3. The van der Waals surface area contributed by atoms with Gasteiger partial charge in [-0.2, -0.15) is 5.10 Å². The summed E-state index contributed by atoms with van der Waals surface area (Å²) in [7, 11) is 1.75. The second-order valence-corrected chi connectivity index (χ2v) is 7.03. The molecule has 2 atom stereocenters. The van der Waals surface area contributed by atoms with E-state index in [1.807, 2.05) is 0 Å². The third-order valence-electron chi connectivity index (χ3n) is 5.00. The first-order chi connectivity index (χ1) is 13.4. The van der Waals surface area contributed by atoms with Crippen LogP contribution in [-0.4, -0.2) is 45.6 Å². The number of carbonyl (C=O) groups excluding carboxylic acids is 1. The van der Waals surface area contributed by atoms with Gasteiger partial charge in [-0.25, -0.2) is 13.2 Å². The number of amides is 1. The molecule has 2 aromatic heterocycles. The summed E-state index contributed by atoms with van der Waals surface area (Å²) in [6, 6.07) is 1.36. The van der Waals surface area contributed by atoms with E-state index in [9.17, 15) is 18.0 Å². The molecule has 1 saturated heterocycles. The largest absolute Gasteiger partial charge is 0.346 e. The Morgan fingerprint density at radius 2 is 2.11 bits per heavy atom. The molecule has 1 aliphatic heterocycles. The highest BCUT2D eigenvalue weighted by atomic mass is 19.1. The van der Waals surface area contributed by atoms with Crippen LogP contribution in [0.3, 0.4) is 0 Å². The van der Waals surface area contributed by atoms with E-state index in [0.29, 0.717) is 13.0 Å². The van der Waals surface area contributed by atoms with E-state index in [1.54, 1.807) is 24.1 Å². The number of alkyl halides is 1. The number of benzene rings is 1. The molecule has 3 heterocycles. The van der Waals surface area contributed by atoms with Gasteiger partial charge >= 0.3 is 0 Å². The van der Waals surface area contributed by atoms with Crippen LogP contribution in [0.25, 0.3) is 10.9 Å². The van der Waals surface area contributed by atoms with Gasteiger partial charge in [-0.1, -0.05) is 0 Å². The molecule has 6 nitrogen and oxygen atoms in total. The zero-order valence-corrected chi connectivity index (χ0v) is 15.3. The van der Waals surface area contributed by atoms with Crippen LogP contribution >= 0.6 is 0 Å². The SMILES string of the molecule is Cn1cc(Cn2cc(C(=O)N[C@H]3CCNC[C@H]3F)c3c(F)ccc(F)c32)cn1. The summed E-state index contributed by atoms with van der Waals surface area (Å²) < 4.78 is 46.2. The molecule has 1 amide bonds. The van der Waals surface area contributed by atoms with Crippen molar-refractivity contribution in [3.05, 3.63) is 53.5 Å². The van der Waals surface area contributed by atoms with E-state index < -0.39 is 29.8 Å². The third-order valence-corrected chi connectivity index (χ3v) is 5.00. The van der Waals surface area contributed by atoms with Gasteiger partial charge in [-0.05, 0) is 25.1 Å². The van der Waals surface area contributed by atoms with Gasteiger partial charge < -0.3 is 15.2 Å². The molecule has 0 aliphatic carbocycles. The van der Waals surface area contributed by atoms with Crippen molar-refractivity contribution in [3.8, 4) is 0 Å². The first-order valence-corrected chi connectivity index (χ1v) is 9.04. The lowest BCUT2D eigenvalue weighted by molar-refractivity contribution is 0.0893. The van der Waals surface area contributed by atoms with Gasteiger partial charge in [0.1, 0.15) is 17.8 Å². The molecule has 3 aromatic rings. The molecule has 0 spiro atoms.